The summed E-state index contributed by atoms with van der Waals surface area (Å²) < 4.78 is 51.6. The van der Waals surface area contributed by atoms with Crippen molar-refractivity contribution in [3.63, 3.8) is 0 Å². The number of amides is 2. The van der Waals surface area contributed by atoms with Crippen LogP contribution in [0.3, 0.4) is 0 Å². The highest BCUT2D eigenvalue weighted by Crippen LogP contribution is 2.21. The maximum absolute atomic E-state index is 13.7. The quantitative estimate of drug-likeness (QED) is 0.641. The standard InChI is InChI=1S/C20H17F2N3O3S/c21-16-4-3-15(19(22)10-16)13-29(27,28)18-7-5-17(6-8-18)25-20(26)24-12-14-2-1-9-23-11-14/h1-11H,12-13H2,(H2,24,25,26). The Bertz CT molecular complexity index is 1110. The number of urea groups is 1. The third-order valence-corrected chi connectivity index (χ3v) is 5.69. The fourth-order valence-corrected chi connectivity index (χ4v) is 3.89. The van der Waals surface area contributed by atoms with Crippen molar-refractivity contribution in [2.24, 2.45) is 0 Å². The van der Waals surface area contributed by atoms with E-state index in [1.807, 2.05) is 6.07 Å². The molecule has 29 heavy (non-hydrogen) atoms. The van der Waals surface area contributed by atoms with Crippen molar-refractivity contribution in [2.75, 3.05) is 5.32 Å². The molecule has 0 saturated heterocycles. The minimum atomic E-state index is -3.84. The largest absolute Gasteiger partial charge is 0.334 e. The van der Waals surface area contributed by atoms with Crippen LogP contribution in [-0.2, 0) is 22.1 Å². The summed E-state index contributed by atoms with van der Waals surface area (Å²) in [6, 6.07) is 11.3. The van der Waals surface area contributed by atoms with E-state index in [9.17, 15) is 22.0 Å². The van der Waals surface area contributed by atoms with Gasteiger partial charge in [-0.1, -0.05) is 12.1 Å². The first-order valence-electron chi connectivity index (χ1n) is 8.54. The van der Waals surface area contributed by atoms with Gasteiger partial charge in [-0.3, -0.25) is 4.98 Å². The van der Waals surface area contributed by atoms with Crippen molar-refractivity contribution in [3.8, 4) is 0 Å². The van der Waals surface area contributed by atoms with E-state index in [-0.39, 0.29) is 17.0 Å². The highest BCUT2D eigenvalue weighted by Gasteiger charge is 2.18. The van der Waals surface area contributed by atoms with Gasteiger partial charge in [-0.2, -0.15) is 0 Å². The molecule has 0 aliphatic heterocycles. The van der Waals surface area contributed by atoms with E-state index in [4.69, 9.17) is 0 Å². The molecule has 6 nitrogen and oxygen atoms in total. The van der Waals surface area contributed by atoms with Crippen LogP contribution >= 0.6 is 0 Å². The molecule has 0 radical (unpaired) electrons. The van der Waals surface area contributed by atoms with Crippen molar-refractivity contribution in [1.82, 2.24) is 10.3 Å². The van der Waals surface area contributed by atoms with Crippen LogP contribution in [-0.4, -0.2) is 19.4 Å². The molecule has 0 bridgehead atoms. The smallest absolute Gasteiger partial charge is 0.319 e. The lowest BCUT2D eigenvalue weighted by atomic mass is 10.2. The van der Waals surface area contributed by atoms with E-state index >= 15 is 0 Å². The summed E-state index contributed by atoms with van der Waals surface area (Å²) >= 11 is 0. The normalized spacial score (nSPS) is 11.1. The number of anilines is 1. The molecule has 0 aliphatic rings. The van der Waals surface area contributed by atoms with Gasteiger partial charge in [0, 0.05) is 36.3 Å². The van der Waals surface area contributed by atoms with E-state index in [2.05, 4.69) is 15.6 Å². The van der Waals surface area contributed by atoms with E-state index in [0.29, 0.717) is 11.8 Å². The highest BCUT2D eigenvalue weighted by molar-refractivity contribution is 7.90. The van der Waals surface area contributed by atoms with Gasteiger partial charge in [0.1, 0.15) is 11.6 Å². The zero-order valence-electron chi connectivity index (χ0n) is 15.1. The lowest BCUT2D eigenvalue weighted by Crippen LogP contribution is -2.28. The van der Waals surface area contributed by atoms with E-state index in [1.165, 1.54) is 24.3 Å². The Morgan fingerprint density at radius 1 is 1.03 bits per heavy atom. The number of hydrogen-bond acceptors (Lipinski definition) is 4. The monoisotopic (exact) mass is 417 g/mol. The number of nitrogens with one attached hydrogen (secondary N) is 2. The minimum absolute atomic E-state index is 0.0393. The number of sulfone groups is 1. The van der Waals surface area contributed by atoms with Crippen LogP contribution in [0.5, 0.6) is 0 Å². The summed E-state index contributed by atoms with van der Waals surface area (Å²) in [6.45, 7) is 0.287. The molecule has 2 N–H and O–H groups in total. The Labute approximate surface area is 166 Å². The van der Waals surface area contributed by atoms with Crippen molar-refractivity contribution < 1.29 is 22.0 Å². The molecule has 2 aromatic carbocycles. The average molecular weight is 417 g/mol. The average Bonchev–Trinajstić information content (AvgIpc) is 2.70. The van der Waals surface area contributed by atoms with Crippen LogP contribution in [0.4, 0.5) is 19.3 Å². The van der Waals surface area contributed by atoms with Gasteiger partial charge in [0.15, 0.2) is 9.84 Å². The number of halogens is 2. The van der Waals surface area contributed by atoms with Gasteiger partial charge in [0.2, 0.25) is 0 Å². The minimum Gasteiger partial charge on any atom is -0.334 e. The van der Waals surface area contributed by atoms with Gasteiger partial charge in [-0.25, -0.2) is 22.0 Å². The van der Waals surface area contributed by atoms with Crippen molar-refractivity contribution in [1.29, 1.82) is 0 Å². The zero-order valence-corrected chi connectivity index (χ0v) is 15.9. The molecular formula is C20H17F2N3O3S. The molecule has 1 heterocycles. The number of benzene rings is 2. The molecular weight excluding hydrogens is 400 g/mol. The Balaban J connectivity index is 1.62. The van der Waals surface area contributed by atoms with E-state index in [1.54, 1.807) is 18.5 Å². The second-order valence-corrected chi connectivity index (χ2v) is 8.18. The molecule has 3 rings (SSSR count). The molecule has 1 aromatic heterocycles. The summed E-state index contributed by atoms with van der Waals surface area (Å²) in [6.07, 6.45) is 3.26. The van der Waals surface area contributed by atoms with Gasteiger partial charge >= 0.3 is 6.03 Å². The van der Waals surface area contributed by atoms with Crippen LogP contribution in [0.1, 0.15) is 11.1 Å². The Hall–Kier alpha value is -3.33. The SMILES string of the molecule is O=C(NCc1cccnc1)Nc1ccc(S(=O)(=O)Cc2ccc(F)cc2F)cc1. The third-order valence-electron chi connectivity index (χ3n) is 4.01. The first kappa shape index (κ1) is 20.4. The van der Waals surface area contributed by atoms with Gasteiger partial charge < -0.3 is 10.6 Å². The van der Waals surface area contributed by atoms with E-state index in [0.717, 1.165) is 17.7 Å². The number of carbonyl (C=O) groups is 1. The van der Waals surface area contributed by atoms with Crippen LogP contribution in [0.25, 0.3) is 0 Å². The number of rotatable bonds is 6. The molecule has 0 atom stereocenters. The third kappa shape index (κ3) is 5.58. The number of carbonyl (C=O) groups excluding carboxylic acids is 1. The molecule has 9 heteroatoms. The Morgan fingerprint density at radius 3 is 2.45 bits per heavy atom. The van der Waals surface area contributed by atoms with Crippen molar-refractivity contribution in [2.45, 2.75) is 17.2 Å². The maximum Gasteiger partial charge on any atom is 0.319 e. The van der Waals surface area contributed by atoms with Gasteiger partial charge in [0.25, 0.3) is 0 Å². The fraction of sp³-hybridized carbons (Fsp3) is 0.100. The summed E-state index contributed by atoms with van der Waals surface area (Å²) in [5.41, 5.74) is 1.10. The Morgan fingerprint density at radius 2 is 1.79 bits per heavy atom. The Kier molecular flexibility index (Phi) is 6.18. The number of nitrogens with zero attached hydrogens (tertiary/aromatic N) is 1. The van der Waals surface area contributed by atoms with Crippen LogP contribution in [0.2, 0.25) is 0 Å². The zero-order chi connectivity index (χ0) is 20.9. The molecule has 0 saturated carbocycles. The summed E-state index contributed by atoms with van der Waals surface area (Å²) in [4.78, 5) is 15.8. The number of pyridine rings is 1. The van der Waals surface area contributed by atoms with Gasteiger partial charge in [-0.05, 0) is 42.0 Å². The van der Waals surface area contributed by atoms with Crippen LogP contribution < -0.4 is 10.6 Å². The predicted molar refractivity (Wildman–Crippen MR) is 104 cm³/mol. The second kappa shape index (κ2) is 8.78. The summed E-state index contributed by atoms with van der Waals surface area (Å²) in [5.74, 6) is -2.30. The summed E-state index contributed by atoms with van der Waals surface area (Å²) in [5, 5.41) is 5.24. The van der Waals surface area contributed by atoms with Crippen molar-refractivity contribution >= 4 is 21.6 Å². The molecule has 3 aromatic rings. The molecule has 150 valence electrons. The predicted octanol–water partition coefficient (Wildman–Crippen LogP) is 3.66. The lowest BCUT2D eigenvalue weighted by Gasteiger charge is -2.09. The number of aromatic nitrogens is 1. The first-order chi connectivity index (χ1) is 13.8. The molecule has 0 aliphatic carbocycles. The second-order valence-electron chi connectivity index (χ2n) is 6.19. The topological polar surface area (TPSA) is 88.2 Å². The molecule has 0 unspecified atom stereocenters. The first-order valence-corrected chi connectivity index (χ1v) is 10.2. The van der Waals surface area contributed by atoms with Crippen LogP contribution in [0.15, 0.2) is 71.9 Å². The molecule has 0 fully saturated rings. The maximum atomic E-state index is 13.7. The number of hydrogen-bond donors (Lipinski definition) is 2. The lowest BCUT2D eigenvalue weighted by molar-refractivity contribution is 0.251. The van der Waals surface area contributed by atoms with Gasteiger partial charge in [0.05, 0.1) is 10.6 Å². The summed E-state index contributed by atoms with van der Waals surface area (Å²) in [7, 11) is -3.84. The van der Waals surface area contributed by atoms with Crippen LogP contribution in [0, 0.1) is 11.6 Å². The molecule has 2 amide bonds. The van der Waals surface area contributed by atoms with E-state index < -0.39 is 33.3 Å². The molecule has 0 spiro atoms. The van der Waals surface area contributed by atoms with Gasteiger partial charge in [-0.15, -0.1) is 0 Å². The fourth-order valence-electron chi connectivity index (χ4n) is 2.53. The highest BCUT2D eigenvalue weighted by atomic mass is 32.2. The van der Waals surface area contributed by atoms with Crippen molar-refractivity contribution in [3.05, 3.63) is 89.8 Å².